The highest BCUT2D eigenvalue weighted by molar-refractivity contribution is 9.10. The Balaban J connectivity index is 1.37. The van der Waals surface area contributed by atoms with Gasteiger partial charge in [0.2, 0.25) is 17.6 Å². The number of nitrogens with zero attached hydrogens (tertiary/aromatic N) is 3. The third-order valence-electron chi connectivity index (χ3n) is 3.96. The summed E-state index contributed by atoms with van der Waals surface area (Å²) in [6.45, 7) is 1.76. The maximum atomic E-state index is 13.0. The van der Waals surface area contributed by atoms with Crippen LogP contribution in [0.15, 0.2) is 50.1 Å². The Morgan fingerprint density at radius 1 is 1.24 bits per heavy atom. The topological polar surface area (TPSA) is 80.9 Å². The van der Waals surface area contributed by atoms with Gasteiger partial charge in [-0.3, -0.25) is 4.79 Å². The Kier molecular flexibility index (Phi) is 5.84. The molecule has 3 aromatic heterocycles. The Bertz CT molecular complexity index is 1140. The molecule has 0 aliphatic heterocycles. The molecule has 0 aliphatic carbocycles. The lowest BCUT2D eigenvalue weighted by Gasteiger charge is -2.08. The fourth-order valence-corrected chi connectivity index (χ4v) is 4.90. The average Bonchev–Trinajstić information content (AvgIpc) is 3.42. The lowest BCUT2D eigenvalue weighted by molar-refractivity contribution is -0.121. The van der Waals surface area contributed by atoms with E-state index in [2.05, 4.69) is 36.4 Å². The molecule has 0 bridgehead atoms. The van der Waals surface area contributed by atoms with Gasteiger partial charge < -0.3 is 9.84 Å². The summed E-state index contributed by atoms with van der Waals surface area (Å²) in [6.07, 6.45) is 0.159. The highest BCUT2D eigenvalue weighted by Crippen LogP contribution is 2.32. The number of rotatable bonds is 6. The van der Waals surface area contributed by atoms with E-state index in [1.807, 2.05) is 16.8 Å². The van der Waals surface area contributed by atoms with Gasteiger partial charge in [-0.2, -0.15) is 4.98 Å². The van der Waals surface area contributed by atoms with Crippen molar-refractivity contribution in [3.05, 3.63) is 63.0 Å². The number of benzene rings is 1. The van der Waals surface area contributed by atoms with Crippen LogP contribution in [0.2, 0.25) is 0 Å². The van der Waals surface area contributed by atoms with Crippen LogP contribution in [0.3, 0.4) is 0 Å². The SMILES string of the molecule is CC(NC(=O)Cc1csc(-c2cc(Br)cs2)n1)c1nc(-c2ccc(F)cc2)no1. The molecule has 10 heteroatoms. The summed E-state index contributed by atoms with van der Waals surface area (Å²) >= 11 is 6.53. The summed E-state index contributed by atoms with van der Waals surface area (Å²) in [5.74, 6) is 0.0886. The smallest absolute Gasteiger partial charge is 0.249 e. The number of hydrogen-bond donors (Lipinski definition) is 1. The fourth-order valence-electron chi connectivity index (χ4n) is 2.57. The molecule has 6 nitrogen and oxygen atoms in total. The van der Waals surface area contributed by atoms with Crippen molar-refractivity contribution in [3.63, 3.8) is 0 Å². The summed E-state index contributed by atoms with van der Waals surface area (Å²) in [6, 6.07) is 7.33. The van der Waals surface area contributed by atoms with Crippen molar-refractivity contribution < 1.29 is 13.7 Å². The second-order valence-electron chi connectivity index (χ2n) is 6.20. The highest BCUT2D eigenvalue weighted by atomic mass is 79.9. The molecule has 1 atom stereocenters. The minimum atomic E-state index is -0.462. The predicted octanol–water partition coefficient (Wildman–Crippen LogP) is 5.24. The lowest BCUT2D eigenvalue weighted by atomic mass is 10.2. The average molecular weight is 493 g/mol. The van der Waals surface area contributed by atoms with Crippen molar-refractivity contribution >= 4 is 44.5 Å². The van der Waals surface area contributed by atoms with Gasteiger partial charge in [0.15, 0.2) is 0 Å². The Morgan fingerprint density at radius 3 is 2.76 bits per heavy atom. The molecule has 0 aliphatic rings. The molecule has 0 spiro atoms. The maximum Gasteiger partial charge on any atom is 0.249 e. The third kappa shape index (κ3) is 4.77. The number of hydrogen-bond acceptors (Lipinski definition) is 7. The number of thiophene rings is 1. The lowest BCUT2D eigenvalue weighted by Crippen LogP contribution is -2.28. The van der Waals surface area contributed by atoms with E-state index in [1.165, 1.54) is 23.5 Å². The van der Waals surface area contributed by atoms with Crippen LogP contribution >= 0.6 is 38.6 Å². The summed E-state index contributed by atoms with van der Waals surface area (Å²) in [7, 11) is 0. The van der Waals surface area contributed by atoms with Crippen LogP contribution in [0.25, 0.3) is 21.3 Å². The zero-order valence-corrected chi connectivity index (χ0v) is 18.3. The van der Waals surface area contributed by atoms with Gasteiger partial charge in [-0.05, 0) is 53.2 Å². The zero-order valence-electron chi connectivity index (χ0n) is 15.1. The monoisotopic (exact) mass is 492 g/mol. The largest absolute Gasteiger partial charge is 0.344 e. The van der Waals surface area contributed by atoms with Gasteiger partial charge >= 0.3 is 0 Å². The number of nitrogens with one attached hydrogen (secondary N) is 1. The van der Waals surface area contributed by atoms with E-state index in [-0.39, 0.29) is 24.0 Å². The molecular formula is C19H14BrFN4O2S2. The van der Waals surface area contributed by atoms with Gasteiger partial charge in [0.05, 0.1) is 17.0 Å². The number of aromatic nitrogens is 3. The first-order valence-corrected chi connectivity index (χ1v) is 11.1. The normalized spacial score (nSPS) is 12.1. The van der Waals surface area contributed by atoms with E-state index in [0.717, 1.165) is 14.4 Å². The molecular weight excluding hydrogens is 479 g/mol. The molecule has 1 amide bonds. The van der Waals surface area contributed by atoms with E-state index in [9.17, 15) is 9.18 Å². The maximum absolute atomic E-state index is 13.0. The molecule has 0 fully saturated rings. The second kappa shape index (κ2) is 8.52. The summed E-state index contributed by atoms with van der Waals surface area (Å²) < 4.78 is 19.3. The van der Waals surface area contributed by atoms with Crippen LogP contribution in [-0.4, -0.2) is 21.0 Å². The molecule has 29 heavy (non-hydrogen) atoms. The highest BCUT2D eigenvalue weighted by Gasteiger charge is 2.18. The Labute approximate surface area is 181 Å². The first-order valence-electron chi connectivity index (χ1n) is 8.55. The van der Waals surface area contributed by atoms with Crippen LogP contribution in [0.5, 0.6) is 0 Å². The zero-order chi connectivity index (χ0) is 20.4. The molecule has 0 saturated heterocycles. The van der Waals surface area contributed by atoms with Gasteiger partial charge in [-0.1, -0.05) is 5.16 Å². The van der Waals surface area contributed by atoms with Crippen molar-refractivity contribution in [3.8, 4) is 21.3 Å². The minimum absolute atomic E-state index is 0.159. The fraction of sp³-hybridized carbons (Fsp3) is 0.158. The summed E-state index contributed by atoms with van der Waals surface area (Å²) in [5.41, 5.74) is 1.34. The van der Waals surface area contributed by atoms with Crippen LogP contribution in [0.4, 0.5) is 4.39 Å². The Hall–Kier alpha value is -2.43. The van der Waals surface area contributed by atoms with Gasteiger partial charge in [0, 0.05) is 20.8 Å². The Morgan fingerprint density at radius 2 is 2.03 bits per heavy atom. The molecule has 1 unspecified atom stereocenters. The van der Waals surface area contributed by atoms with Crippen molar-refractivity contribution in [2.24, 2.45) is 0 Å². The van der Waals surface area contributed by atoms with Crippen molar-refractivity contribution in [1.29, 1.82) is 0 Å². The van der Waals surface area contributed by atoms with Crippen LogP contribution < -0.4 is 5.32 Å². The molecule has 4 aromatic rings. The van der Waals surface area contributed by atoms with Crippen molar-refractivity contribution in [2.45, 2.75) is 19.4 Å². The first-order chi connectivity index (χ1) is 14.0. The third-order valence-corrected chi connectivity index (χ3v) is 6.72. The van der Waals surface area contributed by atoms with E-state index >= 15 is 0 Å². The minimum Gasteiger partial charge on any atom is -0.344 e. The molecule has 1 N–H and O–H groups in total. The van der Waals surface area contributed by atoms with E-state index in [1.54, 1.807) is 30.4 Å². The van der Waals surface area contributed by atoms with Crippen molar-refractivity contribution in [2.75, 3.05) is 0 Å². The molecule has 3 heterocycles. The number of amides is 1. The molecule has 0 saturated carbocycles. The van der Waals surface area contributed by atoms with Crippen LogP contribution in [0.1, 0.15) is 24.6 Å². The molecule has 4 rings (SSSR count). The van der Waals surface area contributed by atoms with Gasteiger partial charge in [0.25, 0.3) is 0 Å². The molecule has 1 aromatic carbocycles. The van der Waals surface area contributed by atoms with E-state index in [4.69, 9.17) is 4.52 Å². The predicted molar refractivity (Wildman–Crippen MR) is 113 cm³/mol. The molecule has 0 radical (unpaired) electrons. The van der Waals surface area contributed by atoms with E-state index < -0.39 is 6.04 Å². The van der Waals surface area contributed by atoms with E-state index in [0.29, 0.717) is 17.1 Å². The summed E-state index contributed by atoms with van der Waals surface area (Å²) in [5, 5.41) is 11.5. The van der Waals surface area contributed by atoms with Crippen LogP contribution in [-0.2, 0) is 11.2 Å². The summed E-state index contributed by atoms with van der Waals surface area (Å²) in [4.78, 5) is 22.2. The van der Waals surface area contributed by atoms with Gasteiger partial charge in [-0.25, -0.2) is 9.37 Å². The molecule has 148 valence electrons. The van der Waals surface area contributed by atoms with Gasteiger partial charge in [0.1, 0.15) is 16.9 Å². The number of carbonyl (C=O) groups is 1. The number of halogens is 2. The first kappa shape index (κ1) is 19.9. The van der Waals surface area contributed by atoms with Crippen LogP contribution in [0, 0.1) is 5.82 Å². The van der Waals surface area contributed by atoms with Crippen molar-refractivity contribution in [1.82, 2.24) is 20.4 Å². The number of thiazole rings is 1. The second-order valence-corrected chi connectivity index (χ2v) is 8.89. The number of carbonyl (C=O) groups excluding carboxylic acids is 1. The standard InChI is InChI=1S/C19H14BrFN4O2S2/c1-10(18-24-17(25-27-18)11-2-4-13(21)5-3-11)22-16(26)7-14-9-29-19(23-14)15-6-12(20)8-28-15/h2-6,8-10H,7H2,1H3,(H,22,26). The van der Waals surface area contributed by atoms with Gasteiger partial charge in [-0.15, -0.1) is 22.7 Å². The quantitative estimate of drug-likeness (QED) is 0.397.